The second kappa shape index (κ2) is 7.85. The maximum absolute atomic E-state index is 12.8. The standard InChI is InChI=1S/C18H19FN2O4/c19-14-4-1-12(2-5-14)10-21-18(23)20-8-7-15(22)13-3-6-16-17(9-13)25-11-24-16/h1-6,9,15,22H,7-8,10-11H2,(H2,20,21,23). The number of halogens is 1. The van der Waals surface area contributed by atoms with Gasteiger partial charge in [0.25, 0.3) is 0 Å². The zero-order chi connectivity index (χ0) is 17.6. The van der Waals surface area contributed by atoms with Gasteiger partial charge < -0.3 is 25.2 Å². The van der Waals surface area contributed by atoms with Crippen LogP contribution >= 0.6 is 0 Å². The molecule has 0 spiro atoms. The second-order valence-electron chi connectivity index (χ2n) is 5.65. The Bertz CT molecular complexity index is 736. The van der Waals surface area contributed by atoms with E-state index in [-0.39, 0.29) is 18.6 Å². The molecular weight excluding hydrogens is 327 g/mol. The first kappa shape index (κ1) is 17.0. The van der Waals surface area contributed by atoms with E-state index < -0.39 is 6.10 Å². The number of ether oxygens (including phenoxy) is 2. The van der Waals surface area contributed by atoms with E-state index in [1.807, 2.05) is 0 Å². The minimum Gasteiger partial charge on any atom is -0.454 e. The molecule has 0 radical (unpaired) electrons. The molecule has 132 valence electrons. The first-order valence-corrected chi connectivity index (χ1v) is 7.95. The fraction of sp³-hybridized carbons (Fsp3) is 0.278. The van der Waals surface area contributed by atoms with Gasteiger partial charge in [0.1, 0.15) is 5.82 Å². The molecule has 0 aliphatic carbocycles. The Hall–Kier alpha value is -2.80. The molecule has 25 heavy (non-hydrogen) atoms. The van der Waals surface area contributed by atoms with Gasteiger partial charge in [-0.1, -0.05) is 18.2 Å². The van der Waals surface area contributed by atoms with Crippen LogP contribution in [0.15, 0.2) is 42.5 Å². The number of benzene rings is 2. The van der Waals surface area contributed by atoms with Crippen LogP contribution < -0.4 is 20.1 Å². The topological polar surface area (TPSA) is 79.8 Å². The molecule has 2 amide bonds. The molecule has 0 saturated carbocycles. The molecular formula is C18H19FN2O4. The molecule has 2 aromatic carbocycles. The van der Waals surface area contributed by atoms with Crippen molar-refractivity contribution < 1.29 is 23.8 Å². The molecule has 1 aliphatic heterocycles. The maximum atomic E-state index is 12.8. The highest BCUT2D eigenvalue weighted by atomic mass is 19.1. The van der Waals surface area contributed by atoms with Crippen LogP contribution in [0.3, 0.4) is 0 Å². The molecule has 0 aromatic heterocycles. The molecule has 6 nitrogen and oxygen atoms in total. The minimum absolute atomic E-state index is 0.185. The van der Waals surface area contributed by atoms with Crippen molar-refractivity contribution in [2.75, 3.05) is 13.3 Å². The Morgan fingerprint density at radius 2 is 1.88 bits per heavy atom. The zero-order valence-electron chi connectivity index (χ0n) is 13.5. The first-order valence-electron chi connectivity index (χ1n) is 7.95. The predicted molar refractivity (Wildman–Crippen MR) is 88.8 cm³/mol. The van der Waals surface area contributed by atoms with E-state index in [1.54, 1.807) is 30.3 Å². The van der Waals surface area contributed by atoms with Gasteiger partial charge in [-0.2, -0.15) is 0 Å². The smallest absolute Gasteiger partial charge is 0.315 e. The summed E-state index contributed by atoms with van der Waals surface area (Å²) in [6.45, 7) is 0.798. The number of hydrogen-bond donors (Lipinski definition) is 3. The number of carbonyl (C=O) groups is 1. The number of hydrogen-bond acceptors (Lipinski definition) is 4. The fourth-order valence-corrected chi connectivity index (χ4v) is 2.46. The quantitative estimate of drug-likeness (QED) is 0.751. The fourth-order valence-electron chi connectivity index (χ4n) is 2.46. The summed E-state index contributed by atoms with van der Waals surface area (Å²) in [4.78, 5) is 11.7. The lowest BCUT2D eigenvalue weighted by atomic mass is 10.1. The van der Waals surface area contributed by atoms with Crippen molar-refractivity contribution in [2.24, 2.45) is 0 Å². The Morgan fingerprint density at radius 1 is 1.12 bits per heavy atom. The lowest BCUT2D eigenvalue weighted by molar-refractivity contribution is 0.165. The van der Waals surface area contributed by atoms with Gasteiger partial charge in [-0.15, -0.1) is 0 Å². The predicted octanol–water partition coefficient (Wildman–Crippen LogP) is 2.48. The summed E-state index contributed by atoms with van der Waals surface area (Å²) in [6.07, 6.45) is -0.351. The van der Waals surface area contributed by atoms with Crippen LogP contribution in [0, 0.1) is 5.82 Å². The number of carbonyl (C=O) groups excluding carboxylic acids is 1. The lowest BCUT2D eigenvalue weighted by Gasteiger charge is -2.13. The van der Waals surface area contributed by atoms with Crippen molar-refractivity contribution in [3.05, 3.63) is 59.4 Å². The van der Waals surface area contributed by atoms with E-state index in [9.17, 15) is 14.3 Å². The van der Waals surface area contributed by atoms with E-state index in [0.29, 0.717) is 36.6 Å². The number of aliphatic hydroxyl groups excluding tert-OH is 1. The monoisotopic (exact) mass is 346 g/mol. The maximum Gasteiger partial charge on any atom is 0.315 e. The van der Waals surface area contributed by atoms with Crippen molar-refractivity contribution in [3.8, 4) is 11.5 Å². The zero-order valence-corrected chi connectivity index (χ0v) is 13.5. The lowest BCUT2D eigenvalue weighted by Crippen LogP contribution is -2.36. The van der Waals surface area contributed by atoms with Gasteiger partial charge >= 0.3 is 6.03 Å². The van der Waals surface area contributed by atoms with Crippen LogP contribution in [-0.2, 0) is 6.54 Å². The summed E-state index contributed by atoms with van der Waals surface area (Å²) in [7, 11) is 0. The Morgan fingerprint density at radius 3 is 2.68 bits per heavy atom. The van der Waals surface area contributed by atoms with E-state index >= 15 is 0 Å². The molecule has 1 unspecified atom stereocenters. The van der Waals surface area contributed by atoms with Crippen molar-refractivity contribution in [1.29, 1.82) is 0 Å². The molecule has 0 fully saturated rings. The second-order valence-corrected chi connectivity index (χ2v) is 5.65. The highest BCUT2D eigenvalue weighted by molar-refractivity contribution is 5.73. The van der Waals surface area contributed by atoms with Crippen molar-refractivity contribution >= 4 is 6.03 Å². The van der Waals surface area contributed by atoms with E-state index in [4.69, 9.17) is 9.47 Å². The van der Waals surface area contributed by atoms with E-state index in [1.165, 1.54) is 12.1 Å². The Balaban J connectivity index is 1.39. The van der Waals surface area contributed by atoms with Crippen LogP contribution in [0.1, 0.15) is 23.7 Å². The average Bonchev–Trinajstić information content (AvgIpc) is 3.09. The summed E-state index contributed by atoms with van der Waals surface area (Å²) in [5.74, 6) is 0.960. The number of fused-ring (bicyclic) bond motifs is 1. The molecule has 0 saturated heterocycles. The van der Waals surface area contributed by atoms with Crippen molar-refractivity contribution in [1.82, 2.24) is 10.6 Å². The Labute approximate surface area is 144 Å². The van der Waals surface area contributed by atoms with Crippen molar-refractivity contribution in [3.63, 3.8) is 0 Å². The van der Waals surface area contributed by atoms with Gasteiger partial charge in [0, 0.05) is 13.1 Å². The van der Waals surface area contributed by atoms with E-state index in [2.05, 4.69) is 10.6 Å². The highest BCUT2D eigenvalue weighted by Gasteiger charge is 2.16. The molecule has 1 atom stereocenters. The first-order chi connectivity index (χ1) is 12.1. The summed E-state index contributed by atoms with van der Waals surface area (Å²) < 4.78 is 23.3. The molecule has 2 aromatic rings. The summed E-state index contributed by atoms with van der Waals surface area (Å²) in [5, 5.41) is 15.5. The average molecular weight is 346 g/mol. The molecule has 3 rings (SSSR count). The molecule has 0 bridgehead atoms. The third-order valence-electron chi connectivity index (χ3n) is 3.85. The van der Waals surface area contributed by atoms with Gasteiger partial charge in [-0.25, -0.2) is 9.18 Å². The molecule has 7 heteroatoms. The normalized spacial score (nSPS) is 13.4. The van der Waals surface area contributed by atoms with Gasteiger partial charge in [0.05, 0.1) is 6.10 Å². The van der Waals surface area contributed by atoms with Crippen LogP contribution in [0.5, 0.6) is 11.5 Å². The van der Waals surface area contributed by atoms with Crippen LogP contribution in [0.4, 0.5) is 9.18 Å². The Kier molecular flexibility index (Phi) is 5.35. The summed E-state index contributed by atoms with van der Waals surface area (Å²) in [6, 6.07) is 10.8. The van der Waals surface area contributed by atoms with Crippen LogP contribution in [0.2, 0.25) is 0 Å². The van der Waals surface area contributed by atoms with Crippen molar-refractivity contribution in [2.45, 2.75) is 19.1 Å². The van der Waals surface area contributed by atoms with Gasteiger partial charge in [0.15, 0.2) is 11.5 Å². The van der Waals surface area contributed by atoms with Crippen LogP contribution in [-0.4, -0.2) is 24.5 Å². The third-order valence-corrected chi connectivity index (χ3v) is 3.85. The molecule has 3 N–H and O–H groups in total. The SMILES string of the molecule is O=C(NCCC(O)c1ccc2c(c1)OCO2)NCc1ccc(F)cc1. The number of rotatable bonds is 6. The van der Waals surface area contributed by atoms with E-state index in [0.717, 1.165) is 5.56 Å². The van der Waals surface area contributed by atoms with Gasteiger partial charge in [-0.3, -0.25) is 0 Å². The van der Waals surface area contributed by atoms with Gasteiger partial charge in [-0.05, 0) is 41.8 Å². The van der Waals surface area contributed by atoms with Gasteiger partial charge in [0.2, 0.25) is 6.79 Å². The largest absolute Gasteiger partial charge is 0.454 e. The number of urea groups is 1. The minimum atomic E-state index is -0.716. The number of aliphatic hydroxyl groups is 1. The van der Waals surface area contributed by atoms with Crippen LogP contribution in [0.25, 0.3) is 0 Å². The number of nitrogens with one attached hydrogen (secondary N) is 2. The third kappa shape index (κ3) is 4.60. The summed E-state index contributed by atoms with van der Waals surface area (Å²) in [5.41, 5.74) is 1.51. The summed E-state index contributed by atoms with van der Waals surface area (Å²) >= 11 is 0. The number of amides is 2. The highest BCUT2D eigenvalue weighted by Crippen LogP contribution is 2.34. The molecule has 1 heterocycles. The molecule has 1 aliphatic rings.